The number of rotatable bonds is 4. The smallest absolute Gasteiger partial charge is 0.254 e. The number of carbonyl (C=O) groups is 1. The van der Waals surface area contributed by atoms with E-state index < -0.39 is 15.1 Å². The highest BCUT2D eigenvalue weighted by atomic mass is 32.2. The summed E-state index contributed by atoms with van der Waals surface area (Å²) in [6, 6.07) is 6.30. The molecular weight excluding hydrogens is 312 g/mol. The zero-order chi connectivity index (χ0) is 17.2. The second kappa shape index (κ2) is 7.01. The predicted molar refractivity (Wildman–Crippen MR) is 91.0 cm³/mol. The topological polar surface area (TPSA) is 80.5 Å². The van der Waals surface area contributed by atoms with Gasteiger partial charge in [0.1, 0.15) is 0 Å². The van der Waals surface area contributed by atoms with Gasteiger partial charge in [0, 0.05) is 24.7 Å². The summed E-state index contributed by atoms with van der Waals surface area (Å²) in [5.74, 6) is 0.318. The molecule has 0 saturated carbocycles. The van der Waals surface area contributed by atoms with E-state index in [9.17, 15) is 13.2 Å². The molecule has 2 rings (SSSR count). The Labute approximate surface area is 138 Å². The predicted octanol–water partition coefficient (Wildman–Crippen LogP) is 2.07. The fourth-order valence-corrected chi connectivity index (χ4v) is 4.15. The quantitative estimate of drug-likeness (QED) is 0.911. The fraction of sp³-hybridized carbons (Fsp3) is 0.588. The van der Waals surface area contributed by atoms with Gasteiger partial charge in [-0.1, -0.05) is 6.92 Å². The number of hydrogen-bond donors (Lipinski definition) is 1. The molecule has 0 aliphatic carbocycles. The number of piperidine rings is 1. The van der Waals surface area contributed by atoms with Crippen molar-refractivity contribution < 1.29 is 13.2 Å². The van der Waals surface area contributed by atoms with Crippen molar-refractivity contribution in [3.8, 4) is 0 Å². The lowest BCUT2D eigenvalue weighted by molar-refractivity contribution is 0.0532. The van der Waals surface area contributed by atoms with Crippen LogP contribution in [0.25, 0.3) is 0 Å². The van der Waals surface area contributed by atoms with Gasteiger partial charge in [-0.25, -0.2) is 8.42 Å². The molecule has 1 aromatic rings. The molecule has 0 radical (unpaired) electrons. The van der Waals surface area contributed by atoms with Crippen LogP contribution in [0.5, 0.6) is 0 Å². The molecule has 128 valence electrons. The largest absolute Gasteiger partial charge is 0.334 e. The van der Waals surface area contributed by atoms with E-state index in [1.807, 2.05) is 4.90 Å². The first kappa shape index (κ1) is 17.9. The van der Waals surface area contributed by atoms with Gasteiger partial charge in [0.15, 0.2) is 9.84 Å². The van der Waals surface area contributed by atoms with E-state index in [-0.39, 0.29) is 16.8 Å². The fourth-order valence-electron chi connectivity index (χ4n) is 3.09. The Hall–Kier alpha value is -1.40. The number of amides is 1. The lowest BCUT2D eigenvalue weighted by Gasteiger charge is -2.39. The Balaban J connectivity index is 2.24. The van der Waals surface area contributed by atoms with Crippen molar-refractivity contribution in [2.45, 2.75) is 49.8 Å². The van der Waals surface area contributed by atoms with Crippen LogP contribution in [0.1, 0.15) is 44.0 Å². The Morgan fingerprint density at radius 3 is 2.43 bits per heavy atom. The van der Waals surface area contributed by atoms with E-state index in [1.54, 1.807) is 26.0 Å². The Kier molecular flexibility index (Phi) is 5.47. The molecule has 5 nitrogen and oxygen atoms in total. The lowest BCUT2D eigenvalue weighted by Crippen LogP contribution is -2.51. The van der Waals surface area contributed by atoms with E-state index in [0.717, 1.165) is 12.8 Å². The van der Waals surface area contributed by atoms with Gasteiger partial charge < -0.3 is 10.6 Å². The second-order valence-corrected chi connectivity index (χ2v) is 9.04. The number of hydrogen-bond acceptors (Lipinski definition) is 4. The van der Waals surface area contributed by atoms with Crippen molar-refractivity contribution in [3.63, 3.8) is 0 Å². The molecule has 1 aliphatic heterocycles. The van der Waals surface area contributed by atoms with Crippen LogP contribution in [-0.4, -0.2) is 43.6 Å². The van der Waals surface area contributed by atoms with Gasteiger partial charge in [0.25, 0.3) is 5.91 Å². The zero-order valence-corrected chi connectivity index (χ0v) is 14.8. The number of nitrogens with two attached hydrogens (primary N) is 1. The minimum atomic E-state index is -3.31. The first-order valence-electron chi connectivity index (χ1n) is 8.14. The number of likely N-dealkylation sites (tertiary alicyclic amines) is 1. The second-order valence-electron chi connectivity index (χ2n) is 6.54. The van der Waals surface area contributed by atoms with Gasteiger partial charge in [-0.15, -0.1) is 0 Å². The lowest BCUT2D eigenvalue weighted by atomic mass is 9.90. The van der Waals surface area contributed by atoms with E-state index in [0.29, 0.717) is 24.6 Å². The summed E-state index contributed by atoms with van der Waals surface area (Å²) in [5, 5.41) is -0.478. The molecule has 1 amide bonds. The van der Waals surface area contributed by atoms with Gasteiger partial charge >= 0.3 is 0 Å². The summed E-state index contributed by atoms with van der Waals surface area (Å²) in [5.41, 5.74) is 6.36. The summed E-state index contributed by atoms with van der Waals surface area (Å²) < 4.78 is 24.3. The van der Waals surface area contributed by atoms with Gasteiger partial charge in [-0.3, -0.25) is 4.79 Å². The third kappa shape index (κ3) is 3.58. The van der Waals surface area contributed by atoms with E-state index in [4.69, 9.17) is 5.73 Å². The highest BCUT2D eigenvalue weighted by Gasteiger charge is 2.31. The molecule has 1 fully saturated rings. The molecule has 0 aromatic heterocycles. The molecular formula is C17H26N2O3S. The van der Waals surface area contributed by atoms with Crippen molar-refractivity contribution in [2.75, 3.05) is 13.1 Å². The number of benzene rings is 1. The molecule has 2 N–H and O–H groups in total. The molecule has 2 unspecified atom stereocenters. The van der Waals surface area contributed by atoms with Gasteiger partial charge in [0.05, 0.1) is 10.1 Å². The average Bonchev–Trinajstić information content (AvgIpc) is 2.53. The van der Waals surface area contributed by atoms with Crippen LogP contribution in [-0.2, 0) is 9.84 Å². The summed E-state index contributed by atoms with van der Waals surface area (Å²) in [4.78, 5) is 14.8. The zero-order valence-electron chi connectivity index (χ0n) is 14.0. The Bertz CT molecular complexity index is 653. The SMILES string of the molecule is CC1CCCN(C(=O)c2ccc(S(=O)(=O)C(C)C)cc2)C1CN. The molecule has 0 bridgehead atoms. The summed E-state index contributed by atoms with van der Waals surface area (Å²) in [6.45, 7) is 6.57. The minimum Gasteiger partial charge on any atom is -0.334 e. The van der Waals surface area contributed by atoms with Crippen LogP contribution in [0.15, 0.2) is 29.2 Å². The van der Waals surface area contributed by atoms with Crippen LogP contribution in [0.2, 0.25) is 0 Å². The van der Waals surface area contributed by atoms with Crippen LogP contribution in [0.3, 0.4) is 0 Å². The summed E-state index contributed by atoms with van der Waals surface area (Å²) in [6.07, 6.45) is 2.06. The number of nitrogens with zero attached hydrogens (tertiary/aromatic N) is 1. The Morgan fingerprint density at radius 1 is 1.30 bits per heavy atom. The molecule has 1 saturated heterocycles. The third-order valence-electron chi connectivity index (χ3n) is 4.67. The van der Waals surface area contributed by atoms with Crippen LogP contribution in [0.4, 0.5) is 0 Å². The van der Waals surface area contributed by atoms with Crippen molar-refractivity contribution in [1.82, 2.24) is 4.90 Å². The standard InChI is InChI=1S/C17H26N2O3S/c1-12(2)23(21,22)15-8-6-14(7-9-15)17(20)19-10-4-5-13(3)16(19)11-18/h6-9,12-13,16H,4-5,10-11,18H2,1-3H3. The maximum atomic E-state index is 12.7. The van der Waals surface area contributed by atoms with Gasteiger partial charge in [0.2, 0.25) is 0 Å². The van der Waals surface area contributed by atoms with Crippen LogP contribution in [0, 0.1) is 5.92 Å². The van der Waals surface area contributed by atoms with E-state index >= 15 is 0 Å². The number of carbonyl (C=O) groups excluding carboxylic acids is 1. The first-order chi connectivity index (χ1) is 10.8. The molecule has 23 heavy (non-hydrogen) atoms. The molecule has 0 spiro atoms. The van der Waals surface area contributed by atoms with Crippen molar-refractivity contribution >= 4 is 15.7 Å². The van der Waals surface area contributed by atoms with Crippen molar-refractivity contribution in [2.24, 2.45) is 11.7 Å². The highest BCUT2D eigenvalue weighted by Crippen LogP contribution is 2.25. The summed E-state index contributed by atoms with van der Waals surface area (Å²) >= 11 is 0. The minimum absolute atomic E-state index is 0.0512. The maximum Gasteiger partial charge on any atom is 0.254 e. The Morgan fingerprint density at radius 2 is 1.91 bits per heavy atom. The van der Waals surface area contributed by atoms with Gasteiger partial charge in [-0.05, 0) is 56.9 Å². The van der Waals surface area contributed by atoms with Crippen molar-refractivity contribution in [1.29, 1.82) is 0 Å². The van der Waals surface area contributed by atoms with Gasteiger partial charge in [-0.2, -0.15) is 0 Å². The molecule has 2 atom stereocenters. The molecule has 6 heteroatoms. The van der Waals surface area contributed by atoms with Crippen LogP contribution >= 0.6 is 0 Å². The monoisotopic (exact) mass is 338 g/mol. The third-order valence-corrected chi connectivity index (χ3v) is 6.84. The first-order valence-corrected chi connectivity index (χ1v) is 9.68. The molecule has 1 heterocycles. The van der Waals surface area contributed by atoms with Crippen molar-refractivity contribution in [3.05, 3.63) is 29.8 Å². The summed E-state index contributed by atoms with van der Waals surface area (Å²) in [7, 11) is -3.31. The molecule has 1 aromatic carbocycles. The van der Waals surface area contributed by atoms with E-state index in [2.05, 4.69) is 6.92 Å². The van der Waals surface area contributed by atoms with Crippen LogP contribution < -0.4 is 5.73 Å². The normalized spacial score (nSPS) is 22.4. The van der Waals surface area contributed by atoms with E-state index in [1.165, 1.54) is 12.1 Å². The maximum absolute atomic E-state index is 12.7. The highest BCUT2D eigenvalue weighted by molar-refractivity contribution is 7.92. The number of sulfone groups is 1. The molecule has 1 aliphatic rings. The average molecular weight is 338 g/mol.